The Morgan fingerprint density at radius 2 is 1.23 bits per heavy atom. The van der Waals surface area contributed by atoms with E-state index in [1.54, 1.807) is 44.1 Å². The molecule has 1 unspecified atom stereocenters. The molecule has 4 saturated carbocycles. The van der Waals surface area contributed by atoms with Crippen LogP contribution < -0.4 is 24.8 Å². The standard InChI is InChI=1S/C21H25.C18H25.C11H8.2ClH.Zr/c1-20(2,3)16-7-9-18-14(12-16)11-15-13-17(21(4,5)6)8-10-19(15)18;1-12-3-13(2)17(4-12)11-18-8-14-5-15(9-18)7-16(6-14)10-18;1-9-5-4-7-10-6-2-3-8-11(9)10;;;/h7-13H,1-6H3;4,12,14-16H,5-11H2,1-2H3;1-8H;2*1H;/q2*-1;;;;+2/p-2. The fourth-order valence-corrected chi connectivity index (χ4v) is 11.0. The van der Waals surface area contributed by atoms with Gasteiger partial charge in [0.05, 0.1) is 0 Å². The summed E-state index contributed by atoms with van der Waals surface area (Å²) in [6.45, 7) is 18.2. The van der Waals surface area contributed by atoms with Gasteiger partial charge in [0.1, 0.15) is 0 Å². The molecule has 0 amide bonds. The number of halogens is 2. The number of rotatable bonds is 3. The fraction of sp³-hybridized carbons (Fsp3) is 0.440. The topological polar surface area (TPSA) is 0 Å². The van der Waals surface area contributed by atoms with E-state index in [-0.39, 0.29) is 35.6 Å². The Kier molecular flexibility index (Phi) is 13.1. The first-order chi connectivity index (χ1) is 24.2. The zero-order valence-electron chi connectivity index (χ0n) is 33.3. The van der Waals surface area contributed by atoms with Gasteiger partial charge in [0.15, 0.2) is 0 Å². The summed E-state index contributed by atoms with van der Waals surface area (Å²) < 4.78 is 2.23. The maximum atomic E-state index is 3.57. The van der Waals surface area contributed by atoms with E-state index in [1.807, 2.05) is 0 Å². The van der Waals surface area contributed by atoms with Crippen LogP contribution in [0.25, 0.3) is 32.3 Å². The molecular formula is C50H58Cl2Zr-2. The van der Waals surface area contributed by atoms with Gasteiger partial charge in [-0.1, -0.05) is 103 Å². The molecule has 4 bridgehead atoms. The minimum atomic E-state index is 0. The molecule has 278 valence electrons. The Morgan fingerprint density at radius 1 is 0.717 bits per heavy atom. The second-order valence-corrected chi connectivity index (χ2v) is 19.5. The van der Waals surface area contributed by atoms with Gasteiger partial charge in [-0.05, 0) is 72.5 Å². The maximum absolute atomic E-state index is 3.57. The van der Waals surface area contributed by atoms with Crippen molar-refractivity contribution in [2.75, 3.05) is 0 Å². The van der Waals surface area contributed by atoms with Crippen LogP contribution in [-0.4, -0.2) is 3.71 Å². The molecule has 3 heteroatoms. The predicted molar refractivity (Wildman–Crippen MR) is 218 cm³/mol. The van der Waals surface area contributed by atoms with Crippen LogP contribution in [-0.2, 0) is 35.1 Å². The molecule has 0 radical (unpaired) electrons. The molecule has 5 aromatic rings. The van der Waals surface area contributed by atoms with Crippen LogP contribution in [0.1, 0.15) is 117 Å². The van der Waals surface area contributed by atoms with E-state index in [1.165, 1.54) is 85.2 Å². The molecule has 0 saturated heterocycles. The van der Waals surface area contributed by atoms with Crippen LogP contribution in [0.15, 0.2) is 102 Å². The van der Waals surface area contributed by atoms with Gasteiger partial charge in [0.2, 0.25) is 0 Å². The molecule has 0 aliphatic heterocycles. The van der Waals surface area contributed by atoms with E-state index in [0.29, 0.717) is 11.3 Å². The normalized spacial score (nSPS) is 24.3. The van der Waals surface area contributed by atoms with Crippen molar-refractivity contribution in [2.45, 2.75) is 111 Å². The Morgan fingerprint density at radius 3 is 1.70 bits per heavy atom. The molecule has 5 aliphatic rings. The van der Waals surface area contributed by atoms with Crippen molar-refractivity contribution in [1.82, 2.24) is 0 Å². The molecule has 0 aromatic heterocycles. The van der Waals surface area contributed by atoms with Gasteiger partial charge in [0, 0.05) is 0 Å². The fourth-order valence-electron chi connectivity index (χ4n) is 10.3. The van der Waals surface area contributed by atoms with Crippen molar-refractivity contribution in [3.05, 3.63) is 125 Å². The van der Waals surface area contributed by atoms with Crippen LogP contribution in [0.5, 0.6) is 0 Å². The van der Waals surface area contributed by atoms with Crippen molar-refractivity contribution in [3.8, 4) is 0 Å². The zero-order chi connectivity index (χ0) is 36.1. The van der Waals surface area contributed by atoms with E-state index >= 15 is 0 Å². The third-order valence-electron chi connectivity index (χ3n) is 12.5. The summed E-state index contributed by atoms with van der Waals surface area (Å²) in [5.74, 6) is 3.82. The quantitative estimate of drug-likeness (QED) is 0.163. The molecule has 0 heterocycles. The third-order valence-corrected chi connectivity index (χ3v) is 13.3. The van der Waals surface area contributed by atoms with E-state index in [9.17, 15) is 0 Å². The molecular weight excluding hydrogens is 763 g/mol. The van der Waals surface area contributed by atoms with Crippen LogP contribution in [0.2, 0.25) is 0 Å². The first-order valence-corrected chi connectivity index (χ1v) is 21.1. The summed E-state index contributed by atoms with van der Waals surface area (Å²) in [7, 11) is 0. The summed E-state index contributed by atoms with van der Waals surface area (Å²) in [6.07, 6.45) is 16.7. The predicted octanol–water partition coefficient (Wildman–Crippen LogP) is 7.77. The summed E-state index contributed by atoms with van der Waals surface area (Å²) in [5, 5.41) is 8.16. The zero-order valence-corrected chi connectivity index (χ0v) is 37.2. The molecule has 4 fully saturated rings. The van der Waals surface area contributed by atoms with Gasteiger partial charge in [-0.2, -0.15) is 11.6 Å². The molecule has 5 aromatic carbocycles. The molecule has 5 aliphatic carbocycles. The first kappa shape index (κ1) is 42.0. The van der Waals surface area contributed by atoms with Gasteiger partial charge in [-0.3, -0.25) is 6.08 Å². The van der Waals surface area contributed by atoms with Crippen molar-refractivity contribution in [2.24, 2.45) is 29.1 Å². The molecule has 0 N–H and O–H groups in total. The number of benzene rings is 4. The summed E-state index contributed by atoms with van der Waals surface area (Å²) in [4.78, 5) is 0. The minimum absolute atomic E-state index is 0. The molecule has 10 rings (SSSR count). The summed E-state index contributed by atoms with van der Waals surface area (Å²) in [6, 6.07) is 31.1. The van der Waals surface area contributed by atoms with Crippen molar-refractivity contribution >= 4 is 36.0 Å². The molecule has 0 spiro atoms. The second-order valence-electron chi connectivity index (χ2n) is 18.8. The van der Waals surface area contributed by atoms with Crippen molar-refractivity contribution < 1.29 is 49.0 Å². The van der Waals surface area contributed by atoms with Crippen molar-refractivity contribution in [3.63, 3.8) is 0 Å². The monoisotopic (exact) mass is 818 g/mol. The first-order valence-electron chi connectivity index (χ1n) is 19.6. The van der Waals surface area contributed by atoms with Crippen LogP contribution in [0.3, 0.4) is 0 Å². The molecule has 53 heavy (non-hydrogen) atoms. The average molecular weight is 821 g/mol. The van der Waals surface area contributed by atoms with Crippen LogP contribution >= 0.6 is 0 Å². The van der Waals surface area contributed by atoms with E-state index in [0.717, 1.165) is 17.8 Å². The van der Waals surface area contributed by atoms with Gasteiger partial charge in [-0.15, -0.1) is 39.7 Å². The van der Waals surface area contributed by atoms with E-state index < -0.39 is 0 Å². The average Bonchev–Trinajstić information content (AvgIpc) is 3.60. The number of fused-ring (bicyclic) bond motifs is 4. The molecule has 1 atom stereocenters. The third kappa shape index (κ3) is 9.28. The van der Waals surface area contributed by atoms with Crippen molar-refractivity contribution in [1.29, 1.82) is 0 Å². The number of hydrogen-bond donors (Lipinski definition) is 0. The molecule has 0 nitrogen and oxygen atoms in total. The number of allylic oxidation sites excluding steroid dienone is 4. The SMILES string of the molecule is CC(C)(C)c1ccc2c(c1)[cH-]c1cc(C(C)(C)C)ccc12.CC1=[C-]C(C)C=C1CC12CC3CC(CC(C3)C1)C2.[Cl-].[Cl-].[Zr+2]=[CH]c1cccc2ccccc12. The Hall–Kier alpha value is -2.18. The van der Waals surface area contributed by atoms with Gasteiger partial charge >= 0.3 is 86.7 Å². The van der Waals surface area contributed by atoms with E-state index in [2.05, 4.69) is 156 Å². The summed E-state index contributed by atoms with van der Waals surface area (Å²) >= 11 is 1.46. The van der Waals surface area contributed by atoms with Crippen LogP contribution in [0, 0.1) is 35.2 Å². The van der Waals surface area contributed by atoms with E-state index in [4.69, 9.17) is 0 Å². The Balaban J connectivity index is 0.000000155. The number of hydrogen-bond acceptors (Lipinski definition) is 0. The van der Waals surface area contributed by atoms with Gasteiger partial charge in [0.25, 0.3) is 0 Å². The second kappa shape index (κ2) is 16.5. The van der Waals surface area contributed by atoms with Gasteiger partial charge < -0.3 is 24.8 Å². The Labute approximate surface area is 347 Å². The summed E-state index contributed by atoms with van der Waals surface area (Å²) in [5.41, 5.74) is 8.37. The van der Waals surface area contributed by atoms with Gasteiger partial charge in [-0.25, -0.2) is 5.57 Å². The van der Waals surface area contributed by atoms with Crippen LogP contribution in [0.4, 0.5) is 0 Å². The Bertz CT molecular complexity index is 2020.